The lowest BCUT2D eigenvalue weighted by Gasteiger charge is -2.12. The molecule has 2 aromatic carbocycles. The van der Waals surface area contributed by atoms with Gasteiger partial charge in [0.1, 0.15) is 5.75 Å². The Balaban J connectivity index is 1.64. The van der Waals surface area contributed by atoms with Gasteiger partial charge in [-0.1, -0.05) is 30.3 Å². The summed E-state index contributed by atoms with van der Waals surface area (Å²) >= 11 is 0. The maximum Gasteiger partial charge on any atom is 0.387 e. The molecule has 1 amide bonds. The Hall–Kier alpha value is -2.89. The standard InChI is InChI=1S/C18H16F2N2O2/c19-18(20)24-16-8-4-2-6-14(16)21-17(23)10-12-22-11-9-13-5-1-3-7-15(13)22/h1-9,11,18H,10,12H2,(H,21,23). The highest BCUT2D eigenvalue weighted by atomic mass is 19.3. The van der Waals surface area contributed by atoms with E-state index in [-0.39, 0.29) is 23.8 Å². The normalized spacial score (nSPS) is 11.0. The van der Waals surface area contributed by atoms with Gasteiger partial charge < -0.3 is 14.6 Å². The molecular weight excluding hydrogens is 314 g/mol. The van der Waals surface area contributed by atoms with Crippen molar-refractivity contribution in [1.82, 2.24) is 4.57 Å². The molecule has 4 nitrogen and oxygen atoms in total. The van der Waals surface area contributed by atoms with Gasteiger partial charge in [0.05, 0.1) is 5.69 Å². The number of aromatic nitrogens is 1. The van der Waals surface area contributed by atoms with Crippen molar-refractivity contribution in [2.75, 3.05) is 5.32 Å². The van der Waals surface area contributed by atoms with E-state index in [4.69, 9.17) is 0 Å². The van der Waals surface area contributed by atoms with Crippen LogP contribution < -0.4 is 10.1 Å². The number of para-hydroxylation sites is 3. The summed E-state index contributed by atoms with van der Waals surface area (Å²) < 4.78 is 31.1. The second-order valence-corrected chi connectivity index (χ2v) is 5.24. The molecule has 0 atom stereocenters. The molecule has 0 fully saturated rings. The maximum atomic E-state index is 12.4. The number of hydrogen-bond acceptors (Lipinski definition) is 2. The number of benzene rings is 2. The van der Waals surface area contributed by atoms with Crippen molar-refractivity contribution in [3.63, 3.8) is 0 Å². The van der Waals surface area contributed by atoms with E-state index in [0.29, 0.717) is 6.54 Å². The van der Waals surface area contributed by atoms with E-state index in [2.05, 4.69) is 10.1 Å². The third kappa shape index (κ3) is 3.71. The number of ether oxygens (including phenoxy) is 1. The van der Waals surface area contributed by atoms with Crippen LogP contribution in [0.5, 0.6) is 5.75 Å². The monoisotopic (exact) mass is 330 g/mol. The van der Waals surface area contributed by atoms with Gasteiger partial charge in [0.2, 0.25) is 5.91 Å². The van der Waals surface area contributed by atoms with Crippen molar-refractivity contribution in [1.29, 1.82) is 0 Å². The smallest absolute Gasteiger partial charge is 0.387 e. The van der Waals surface area contributed by atoms with Crippen molar-refractivity contribution in [3.05, 3.63) is 60.8 Å². The van der Waals surface area contributed by atoms with Gasteiger partial charge in [0.15, 0.2) is 0 Å². The molecule has 0 saturated carbocycles. The van der Waals surface area contributed by atoms with Gasteiger partial charge in [-0.15, -0.1) is 0 Å². The zero-order valence-corrected chi connectivity index (χ0v) is 12.8. The average molecular weight is 330 g/mol. The molecule has 6 heteroatoms. The Morgan fingerprint density at radius 3 is 2.67 bits per heavy atom. The lowest BCUT2D eigenvalue weighted by atomic mass is 10.2. The number of carbonyl (C=O) groups is 1. The first-order valence-electron chi connectivity index (χ1n) is 7.51. The van der Waals surface area contributed by atoms with Gasteiger partial charge in [0.25, 0.3) is 0 Å². The molecular formula is C18H16F2N2O2. The summed E-state index contributed by atoms with van der Waals surface area (Å²) in [7, 11) is 0. The Labute approximate surface area is 137 Å². The lowest BCUT2D eigenvalue weighted by molar-refractivity contribution is -0.116. The zero-order valence-electron chi connectivity index (χ0n) is 12.8. The molecule has 0 spiro atoms. The number of amides is 1. The predicted octanol–water partition coefficient (Wildman–Crippen LogP) is 4.27. The molecule has 1 aromatic heterocycles. The predicted molar refractivity (Wildman–Crippen MR) is 88.3 cm³/mol. The summed E-state index contributed by atoms with van der Waals surface area (Å²) in [5, 5.41) is 3.72. The second-order valence-electron chi connectivity index (χ2n) is 5.24. The van der Waals surface area contributed by atoms with Crippen molar-refractivity contribution in [3.8, 4) is 5.75 Å². The summed E-state index contributed by atoms with van der Waals surface area (Å²) in [6, 6.07) is 16.0. The molecule has 3 rings (SSSR count). The summed E-state index contributed by atoms with van der Waals surface area (Å²) in [5.41, 5.74) is 1.28. The highest BCUT2D eigenvalue weighted by Gasteiger charge is 2.11. The van der Waals surface area contributed by atoms with E-state index in [1.807, 2.05) is 41.1 Å². The van der Waals surface area contributed by atoms with E-state index >= 15 is 0 Å². The number of nitrogens with zero attached hydrogens (tertiary/aromatic N) is 1. The SMILES string of the molecule is O=C(CCn1ccc2ccccc21)Nc1ccccc1OC(F)F. The fourth-order valence-electron chi connectivity index (χ4n) is 2.54. The van der Waals surface area contributed by atoms with Crippen LogP contribution in [-0.2, 0) is 11.3 Å². The van der Waals surface area contributed by atoms with E-state index in [1.54, 1.807) is 12.1 Å². The van der Waals surface area contributed by atoms with E-state index in [1.165, 1.54) is 12.1 Å². The second kappa shape index (κ2) is 7.12. The fourth-order valence-corrected chi connectivity index (χ4v) is 2.54. The molecule has 0 bridgehead atoms. The van der Waals surface area contributed by atoms with Crippen LogP contribution in [0.4, 0.5) is 14.5 Å². The van der Waals surface area contributed by atoms with Crippen LogP contribution in [-0.4, -0.2) is 17.1 Å². The van der Waals surface area contributed by atoms with Crippen LogP contribution in [0, 0.1) is 0 Å². The molecule has 0 radical (unpaired) electrons. The van der Waals surface area contributed by atoms with E-state index in [9.17, 15) is 13.6 Å². The van der Waals surface area contributed by atoms with Crippen LogP contribution >= 0.6 is 0 Å². The minimum absolute atomic E-state index is 0.0488. The third-order valence-corrected chi connectivity index (χ3v) is 3.64. The first-order valence-corrected chi connectivity index (χ1v) is 7.51. The van der Waals surface area contributed by atoms with Crippen LogP contribution in [0.3, 0.4) is 0 Å². The minimum atomic E-state index is -2.94. The van der Waals surface area contributed by atoms with Crippen LogP contribution in [0.1, 0.15) is 6.42 Å². The van der Waals surface area contributed by atoms with E-state index in [0.717, 1.165) is 10.9 Å². The molecule has 1 heterocycles. The number of halogens is 2. The van der Waals surface area contributed by atoms with Gasteiger partial charge in [-0.05, 0) is 29.7 Å². The molecule has 3 aromatic rings. The summed E-state index contributed by atoms with van der Waals surface area (Å²) in [4.78, 5) is 12.1. The number of aryl methyl sites for hydroxylation is 1. The molecule has 1 N–H and O–H groups in total. The molecule has 0 aliphatic carbocycles. The molecule has 124 valence electrons. The van der Waals surface area contributed by atoms with Crippen molar-refractivity contribution in [2.45, 2.75) is 19.6 Å². The number of carbonyl (C=O) groups excluding carboxylic acids is 1. The van der Waals surface area contributed by atoms with Crippen molar-refractivity contribution in [2.24, 2.45) is 0 Å². The van der Waals surface area contributed by atoms with Gasteiger partial charge in [-0.3, -0.25) is 4.79 Å². The molecule has 0 aliphatic rings. The van der Waals surface area contributed by atoms with Gasteiger partial charge in [0, 0.05) is 24.7 Å². The van der Waals surface area contributed by atoms with Gasteiger partial charge >= 0.3 is 6.61 Å². The summed E-state index contributed by atoms with van der Waals surface area (Å²) in [6.07, 6.45) is 2.15. The van der Waals surface area contributed by atoms with E-state index < -0.39 is 6.61 Å². The van der Waals surface area contributed by atoms with Crippen LogP contribution in [0.15, 0.2) is 60.8 Å². The topological polar surface area (TPSA) is 43.3 Å². The first kappa shape index (κ1) is 16.0. The summed E-state index contributed by atoms with van der Waals surface area (Å²) in [5.74, 6) is -0.314. The average Bonchev–Trinajstić information content (AvgIpc) is 2.98. The Bertz CT molecular complexity index is 846. The molecule has 0 saturated heterocycles. The van der Waals surface area contributed by atoms with Crippen LogP contribution in [0.25, 0.3) is 10.9 Å². The van der Waals surface area contributed by atoms with Gasteiger partial charge in [-0.2, -0.15) is 8.78 Å². The highest BCUT2D eigenvalue weighted by molar-refractivity contribution is 5.92. The van der Waals surface area contributed by atoms with Crippen molar-refractivity contribution >= 4 is 22.5 Å². The maximum absolute atomic E-state index is 12.4. The number of nitrogens with one attached hydrogen (secondary N) is 1. The summed E-state index contributed by atoms with van der Waals surface area (Å²) in [6.45, 7) is -2.44. The Morgan fingerprint density at radius 2 is 1.83 bits per heavy atom. The lowest BCUT2D eigenvalue weighted by Crippen LogP contribution is -2.15. The fraction of sp³-hybridized carbons (Fsp3) is 0.167. The quantitative estimate of drug-likeness (QED) is 0.733. The molecule has 0 unspecified atom stereocenters. The largest absolute Gasteiger partial charge is 0.433 e. The number of fused-ring (bicyclic) bond motifs is 1. The zero-order chi connectivity index (χ0) is 16.9. The number of anilines is 1. The molecule has 0 aliphatic heterocycles. The number of alkyl halides is 2. The minimum Gasteiger partial charge on any atom is -0.433 e. The Morgan fingerprint density at radius 1 is 1.08 bits per heavy atom. The highest BCUT2D eigenvalue weighted by Crippen LogP contribution is 2.25. The van der Waals surface area contributed by atoms with Crippen molar-refractivity contribution < 1.29 is 18.3 Å². The van der Waals surface area contributed by atoms with Crippen LogP contribution in [0.2, 0.25) is 0 Å². The number of rotatable bonds is 6. The van der Waals surface area contributed by atoms with Gasteiger partial charge in [-0.25, -0.2) is 0 Å². The number of hydrogen-bond donors (Lipinski definition) is 1. The molecule has 24 heavy (non-hydrogen) atoms. The Kier molecular flexibility index (Phi) is 4.74. The first-order chi connectivity index (χ1) is 11.6. The third-order valence-electron chi connectivity index (χ3n) is 3.64.